The molecule has 5 nitrogen and oxygen atoms in total. The van der Waals surface area contributed by atoms with Gasteiger partial charge in [-0.25, -0.2) is 18.4 Å². The lowest BCUT2D eigenvalue weighted by Crippen LogP contribution is -2.36. The van der Waals surface area contributed by atoms with Crippen LogP contribution in [0, 0.1) is 0 Å². The van der Waals surface area contributed by atoms with Crippen molar-refractivity contribution in [2.75, 3.05) is 6.54 Å². The molecule has 0 spiro atoms. The minimum absolute atomic E-state index is 0.305. The molecule has 6 heteroatoms. The van der Waals surface area contributed by atoms with Crippen molar-refractivity contribution >= 4 is 10.0 Å². The smallest absolute Gasteiger partial charge is 0.236 e. The zero-order valence-electron chi connectivity index (χ0n) is 16.7. The van der Waals surface area contributed by atoms with Gasteiger partial charge in [0.2, 0.25) is 10.0 Å². The predicted molar refractivity (Wildman–Crippen MR) is 114 cm³/mol. The molecule has 1 atom stereocenters. The first kappa shape index (κ1) is 19.7. The van der Waals surface area contributed by atoms with Gasteiger partial charge in [-0.3, -0.25) is 0 Å². The van der Waals surface area contributed by atoms with Crippen LogP contribution in [0.4, 0.5) is 0 Å². The maximum atomic E-state index is 13.1. The molecular weight excluding hydrogens is 382 g/mol. The van der Waals surface area contributed by atoms with Crippen molar-refractivity contribution in [3.63, 3.8) is 0 Å². The van der Waals surface area contributed by atoms with E-state index in [9.17, 15) is 8.42 Å². The largest absolute Gasteiger partial charge is 0.243 e. The third-order valence-electron chi connectivity index (χ3n) is 5.63. The molecule has 0 radical (unpaired) electrons. The van der Waals surface area contributed by atoms with Crippen LogP contribution in [0.2, 0.25) is 0 Å². The van der Waals surface area contributed by atoms with Crippen LogP contribution in [0.5, 0.6) is 0 Å². The van der Waals surface area contributed by atoms with E-state index in [4.69, 9.17) is 0 Å². The molecule has 29 heavy (non-hydrogen) atoms. The van der Waals surface area contributed by atoms with Crippen molar-refractivity contribution in [2.45, 2.75) is 44.0 Å². The first-order chi connectivity index (χ1) is 14.0. The van der Waals surface area contributed by atoms with Crippen LogP contribution in [0.1, 0.15) is 43.0 Å². The van der Waals surface area contributed by atoms with Crippen molar-refractivity contribution < 1.29 is 8.42 Å². The molecule has 1 aromatic heterocycles. The Bertz CT molecular complexity index is 1100. The summed E-state index contributed by atoms with van der Waals surface area (Å²) in [5.74, 6) is 1.10. The summed E-state index contributed by atoms with van der Waals surface area (Å²) in [5, 5.41) is 0. The molecule has 0 aliphatic carbocycles. The highest BCUT2D eigenvalue weighted by Crippen LogP contribution is 2.27. The van der Waals surface area contributed by atoms with E-state index in [1.807, 2.05) is 42.5 Å². The van der Waals surface area contributed by atoms with Gasteiger partial charge < -0.3 is 0 Å². The van der Waals surface area contributed by atoms with E-state index < -0.39 is 10.0 Å². The number of aromatic nitrogens is 2. The normalized spacial score (nSPS) is 15.7. The van der Waals surface area contributed by atoms with Crippen LogP contribution < -0.4 is 0 Å². The molecule has 0 fully saturated rings. The molecule has 0 N–H and O–H groups in total. The molecule has 0 saturated carbocycles. The van der Waals surface area contributed by atoms with Gasteiger partial charge >= 0.3 is 0 Å². The van der Waals surface area contributed by atoms with E-state index in [0.717, 1.165) is 28.8 Å². The van der Waals surface area contributed by atoms with Crippen LogP contribution in [0.3, 0.4) is 0 Å². The van der Waals surface area contributed by atoms with Crippen LogP contribution in [0.25, 0.3) is 11.4 Å². The van der Waals surface area contributed by atoms with E-state index in [1.54, 1.807) is 18.3 Å². The van der Waals surface area contributed by atoms with Gasteiger partial charge in [0.15, 0.2) is 5.82 Å². The summed E-state index contributed by atoms with van der Waals surface area (Å²) >= 11 is 0. The quantitative estimate of drug-likeness (QED) is 0.629. The summed E-state index contributed by atoms with van der Waals surface area (Å²) < 4.78 is 27.8. The lowest BCUT2D eigenvalue weighted by atomic mass is 9.99. The monoisotopic (exact) mass is 407 g/mol. The van der Waals surface area contributed by atoms with Crippen LogP contribution in [-0.4, -0.2) is 29.2 Å². The molecule has 1 aliphatic rings. The van der Waals surface area contributed by atoms with E-state index in [-0.39, 0.29) is 0 Å². The second-order valence-corrected chi connectivity index (χ2v) is 9.44. The van der Waals surface area contributed by atoms with Crippen molar-refractivity contribution in [1.29, 1.82) is 0 Å². The summed E-state index contributed by atoms with van der Waals surface area (Å²) in [6, 6.07) is 17.1. The molecule has 150 valence electrons. The summed E-state index contributed by atoms with van der Waals surface area (Å²) in [7, 11) is -3.54. The molecular formula is C23H25N3O2S. The van der Waals surface area contributed by atoms with Gasteiger partial charge in [0.25, 0.3) is 0 Å². The topological polar surface area (TPSA) is 63.2 Å². The summed E-state index contributed by atoms with van der Waals surface area (Å²) in [6.45, 7) is 5.01. The number of hydrogen-bond acceptors (Lipinski definition) is 4. The van der Waals surface area contributed by atoms with E-state index in [0.29, 0.717) is 36.1 Å². The first-order valence-electron chi connectivity index (χ1n) is 9.99. The number of fused-ring (bicyclic) bond motifs is 1. The van der Waals surface area contributed by atoms with E-state index >= 15 is 0 Å². The molecule has 2 aromatic carbocycles. The maximum Gasteiger partial charge on any atom is 0.243 e. The number of hydrogen-bond donors (Lipinski definition) is 0. The number of nitrogens with zero attached hydrogens (tertiary/aromatic N) is 3. The summed E-state index contributed by atoms with van der Waals surface area (Å²) in [5.41, 5.74) is 3.93. The highest BCUT2D eigenvalue weighted by Gasteiger charge is 2.29. The molecule has 0 saturated heterocycles. The molecule has 1 aliphatic heterocycles. The third kappa shape index (κ3) is 3.95. The van der Waals surface area contributed by atoms with Gasteiger partial charge in [-0.05, 0) is 30.0 Å². The molecule has 1 unspecified atom stereocenters. The van der Waals surface area contributed by atoms with Gasteiger partial charge in [0.05, 0.1) is 10.6 Å². The Morgan fingerprint density at radius 3 is 2.48 bits per heavy atom. The van der Waals surface area contributed by atoms with Crippen LogP contribution in [0.15, 0.2) is 65.7 Å². The summed E-state index contributed by atoms with van der Waals surface area (Å²) in [6.07, 6.45) is 3.38. The Balaban J connectivity index is 1.56. The number of sulfonamides is 1. The number of rotatable bonds is 5. The second-order valence-electron chi connectivity index (χ2n) is 7.50. The van der Waals surface area contributed by atoms with Crippen molar-refractivity contribution in [3.05, 3.63) is 77.6 Å². The zero-order chi connectivity index (χ0) is 20.4. The standard InChI is InChI=1S/C23H25N3O2S/c1-3-17(2)18-9-11-21(12-10-18)29(27,28)26-14-13-22-20(16-26)15-24-23(25-22)19-7-5-4-6-8-19/h4-12,15,17H,3,13-14,16H2,1-2H3. The minimum atomic E-state index is -3.54. The van der Waals surface area contributed by atoms with Gasteiger partial charge in [-0.2, -0.15) is 4.31 Å². The number of benzene rings is 2. The van der Waals surface area contributed by atoms with Crippen LogP contribution >= 0.6 is 0 Å². The first-order valence-corrected chi connectivity index (χ1v) is 11.4. The average Bonchev–Trinajstić information content (AvgIpc) is 2.78. The summed E-state index contributed by atoms with van der Waals surface area (Å²) in [4.78, 5) is 9.48. The lowest BCUT2D eigenvalue weighted by molar-refractivity contribution is 0.387. The highest BCUT2D eigenvalue weighted by atomic mass is 32.2. The Kier molecular flexibility index (Phi) is 5.48. The SMILES string of the molecule is CCC(C)c1ccc(S(=O)(=O)N2CCc3nc(-c4ccccc4)ncc3C2)cc1. The minimum Gasteiger partial charge on any atom is -0.236 e. The maximum absolute atomic E-state index is 13.1. The van der Waals surface area contributed by atoms with Crippen molar-refractivity contribution in [3.8, 4) is 11.4 Å². The lowest BCUT2D eigenvalue weighted by Gasteiger charge is -2.27. The Morgan fingerprint density at radius 1 is 1.07 bits per heavy atom. The average molecular weight is 408 g/mol. The van der Waals surface area contributed by atoms with Gasteiger partial charge in [-0.15, -0.1) is 0 Å². The van der Waals surface area contributed by atoms with Crippen LogP contribution in [-0.2, 0) is 23.0 Å². The van der Waals surface area contributed by atoms with Gasteiger partial charge in [0, 0.05) is 36.8 Å². The Labute approximate surface area is 172 Å². The molecule has 0 amide bonds. The van der Waals surface area contributed by atoms with Gasteiger partial charge in [0.1, 0.15) is 0 Å². The van der Waals surface area contributed by atoms with E-state index in [2.05, 4.69) is 23.8 Å². The van der Waals surface area contributed by atoms with Gasteiger partial charge in [-0.1, -0.05) is 56.3 Å². The fourth-order valence-electron chi connectivity index (χ4n) is 3.57. The fourth-order valence-corrected chi connectivity index (χ4v) is 4.99. The van der Waals surface area contributed by atoms with E-state index in [1.165, 1.54) is 4.31 Å². The Hall–Kier alpha value is -2.57. The predicted octanol–water partition coefficient (Wildman–Crippen LogP) is 4.40. The van der Waals surface area contributed by atoms with Crippen molar-refractivity contribution in [1.82, 2.24) is 14.3 Å². The molecule has 2 heterocycles. The Morgan fingerprint density at radius 2 is 1.79 bits per heavy atom. The third-order valence-corrected chi connectivity index (χ3v) is 7.49. The highest BCUT2D eigenvalue weighted by molar-refractivity contribution is 7.89. The second kappa shape index (κ2) is 8.05. The van der Waals surface area contributed by atoms with Crippen molar-refractivity contribution in [2.24, 2.45) is 0 Å². The zero-order valence-corrected chi connectivity index (χ0v) is 17.6. The fraction of sp³-hybridized carbons (Fsp3) is 0.304. The molecule has 4 rings (SSSR count). The molecule has 3 aromatic rings. The molecule has 0 bridgehead atoms.